The second-order valence-electron chi connectivity index (χ2n) is 12.3. The van der Waals surface area contributed by atoms with Crippen LogP contribution in [0.2, 0.25) is 0 Å². The Balaban J connectivity index is 1.33. The molecular weight excluding hydrogens is 618 g/mol. The number of imidazole rings is 1. The van der Waals surface area contributed by atoms with Gasteiger partial charge in [0.25, 0.3) is 0 Å². The van der Waals surface area contributed by atoms with E-state index in [0.29, 0.717) is 30.3 Å². The summed E-state index contributed by atoms with van der Waals surface area (Å²) < 4.78 is 38.7. The Labute approximate surface area is 273 Å². The molecule has 0 amide bonds. The standard InChI is InChI=1S/C36H32F2N6O4/c1-36(22-7-5-6-21(16-22)8-11-31(45)46)13-3-2-4-15-44-20-29(42-43-44)33(47)32-24-12-14-39-28(24)18-27(38)34(32)48-23-9-10-26(37)25(17-23)35-40-19-30(36)41-35/h5-7,9-10,12,14,16-20,39H,2-4,8,11,13,15H2,1H3,(H,40,41)(H,45,46). The topological polar surface area (TPSA) is 139 Å². The molecule has 4 heterocycles. The Kier molecular flexibility index (Phi) is 8.07. The molecule has 1 unspecified atom stereocenters. The third kappa shape index (κ3) is 5.85. The van der Waals surface area contributed by atoms with Gasteiger partial charge in [-0.3, -0.25) is 14.3 Å². The minimum Gasteiger partial charge on any atom is -0.481 e. The highest BCUT2D eigenvalue weighted by Crippen LogP contribution is 2.40. The smallest absolute Gasteiger partial charge is 0.303 e. The van der Waals surface area contributed by atoms with Gasteiger partial charge in [0.05, 0.1) is 17.3 Å². The first-order valence-electron chi connectivity index (χ1n) is 15.8. The first kappa shape index (κ1) is 31.0. The van der Waals surface area contributed by atoms with E-state index in [1.165, 1.54) is 24.3 Å². The fourth-order valence-electron chi connectivity index (χ4n) is 6.41. The zero-order chi connectivity index (χ0) is 33.4. The minimum atomic E-state index is -0.863. The minimum absolute atomic E-state index is 0.0199. The zero-order valence-corrected chi connectivity index (χ0v) is 26.1. The molecule has 6 aromatic rings. The number of benzene rings is 3. The van der Waals surface area contributed by atoms with E-state index in [1.807, 2.05) is 24.3 Å². The zero-order valence-electron chi connectivity index (χ0n) is 26.1. The van der Waals surface area contributed by atoms with Gasteiger partial charge in [0.1, 0.15) is 17.4 Å². The van der Waals surface area contributed by atoms with Crippen LogP contribution in [0, 0.1) is 11.6 Å². The van der Waals surface area contributed by atoms with Crippen LogP contribution < -0.4 is 4.74 Å². The lowest BCUT2D eigenvalue weighted by Gasteiger charge is -2.30. The van der Waals surface area contributed by atoms with E-state index in [1.54, 1.807) is 29.3 Å². The number of carbonyl (C=O) groups excluding carboxylic acids is 1. The number of aromatic amines is 2. The highest BCUT2D eigenvalue weighted by molar-refractivity contribution is 6.17. The number of rotatable bonds is 4. The number of carbonyl (C=O) groups is 2. The van der Waals surface area contributed by atoms with Gasteiger partial charge in [-0.05, 0) is 61.6 Å². The lowest BCUT2D eigenvalue weighted by atomic mass is 9.75. The van der Waals surface area contributed by atoms with Crippen LogP contribution in [-0.4, -0.2) is 46.8 Å². The van der Waals surface area contributed by atoms with Crippen molar-refractivity contribution >= 4 is 22.7 Å². The third-order valence-electron chi connectivity index (χ3n) is 9.10. The Hall–Kier alpha value is -5.65. The first-order valence-corrected chi connectivity index (χ1v) is 15.8. The molecule has 48 heavy (non-hydrogen) atoms. The van der Waals surface area contributed by atoms with Gasteiger partial charge in [-0.25, -0.2) is 13.8 Å². The highest BCUT2D eigenvalue weighted by Gasteiger charge is 2.32. The summed E-state index contributed by atoms with van der Waals surface area (Å²) in [6.07, 6.45) is 8.39. The Morgan fingerprint density at radius 2 is 1.96 bits per heavy atom. The number of halogens is 2. The second-order valence-corrected chi connectivity index (χ2v) is 12.3. The van der Waals surface area contributed by atoms with Crippen LogP contribution in [0.15, 0.2) is 73.2 Å². The van der Waals surface area contributed by atoms with Crippen LogP contribution in [0.4, 0.5) is 8.78 Å². The van der Waals surface area contributed by atoms with Crippen molar-refractivity contribution in [1.29, 1.82) is 0 Å². The molecule has 0 saturated carbocycles. The Morgan fingerprint density at radius 1 is 1.08 bits per heavy atom. The Morgan fingerprint density at radius 3 is 2.81 bits per heavy atom. The van der Waals surface area contributed by atoms with Crippen molar-refractivity contribution in [3.63, 3.8) is 0 Å². The first-order chi connectivity index (χ1) is 23.2. The molecule has 12 heteroatoms. The number of aryl methyl sites for hydroxylation is 2. The number of H-pyrrole nitrogens is 2. The summed E-state index contributed by atoms with van der Waals surface area (Å²) in [6, 6.07) is 14.8. The van der Waals surface area contributed by atoms with E-state index in [2.05, 4.69) is 32.2 Å². The summed E-state index contributed by atoms with van der Waals surface area (Å²) in [7, 11) is 0. The number of fused-ring (bicyclic) bond motifs is 10. The average Bonchev–Trinajstić information content (AvgIpc) is 3.86. The van der Waals surface area contributed by atoms with Crippen molar-refractivity contribution < 1.29 is 28.2 Å². The SMILES string of the molecule is CC1(c2cccc(CCC(=O)O)c2)CCCCCn2cc(nn2)C(=O)c2c(c(F)cc3[nH]ccc23)Oc2ccc(F)c(c2)-c2ncc1[nH]2. The molecular formula is C36H32F2N6O4. The lowest BCUT2D eigenvalue weighted by molar-refractivity contribution is -0.136. The van der Waals surface area contributed by atoms with Gasteiger partial charge in [-0.15, -0.1) is 5.10 Å². The van der Waals surface area contributed by atoms with Gasteiger partial charge >= 0.3 is 5.97 Å². The van der Waals surface area contributed by atoms with Gasteiger partial charge < -0.3 is 19.8 Å². The molecule has 3 aromatic carbocycles. The van der Waals surface area contributed by atoms with Crippen LogP contribution in [0.25, 0.3) is 22.3 Å². The average molecular weight is 651 g/mol. The molecule has 3 aromatic heterocycles. The van der Waals surface area contributed by atoms with Crippen LogP contribution in [0.1, 0.15) is 71.9 Å². The van der Waals surface area contributed by atoms with Crippen molar-refractivity contribution in [2.75, 3.05) is 0 Å². The number of hydrogen-bond donors (Lipinski definition) is 3. The predicted octanol–water partition coefficient (Wildman–Crippen LogP) is 7.35. The highest BCUT2D eigenvalue weighted by atomic mass is 19.1. The van der Waals surface area contributed by atoms with Gasteiger partial charge in [-0.1, -0.05) is 42.3 Å². The summed E-state index contributed by atoms with van der Waals surface area (Å²) in [5.74, 6) is -2.72. The number of nitrogens with one attached hydrogen (secondary N) is 2. The number of aliphatic carboxylic acids is 1. The van der Waals surface area contributed by atoms with E-state index in [9.17, 15) is 14.7 Å². The number of aromatic nitrogens is 6. The van der Waals surface area contributed by atoms with Crippen molar-refractivity contribution in [3.8, 4) is 22.9 Å². The van der Waals surface area contributed by atoms with E-state index >= 15 is 8.78 Å². The summed E-state index contributed by atoms with van der Waals surface area (Å²) in [5.41, 5.74) is 2.60. The predicted molar refractivity (Wildman–Crippen MR) is 173 cm³/mol. The van der Waals surface area contributed by atoms with Gasteiger partial charge in [0.15, 0.2) is 17.3 Å². The molecule has 7 rings (SSSR count). The maximum Gasteiger partial charge on any atom is 0.303 e. The fourth-order valence-corrected chi connectivity index (χ4v) is 6.41. The molecule has 0 fully saturated rings. The van der Waals surface area contributed by atoms with E-state index in [4.69, 9.17) is 4.74 Å². The van der Waals surface area contributed by atoms with Crippen molar-refractivity contribution in [3.05, 3.63) is 113 Å². The largest absolute Gasteiger partial charge is 0.481 e. The Bertz CT molecular complexity index is 2170. The van der Waals surface area contributed by atoms with E-state index < -0.39 is 28.8 Å². The van der Waals surface area contributed by atoms with Crippen molar-refractivity contribution in [2.45, 2.75) is 57.4 Å². The van der Waals surface area contributed by atoms with Crippen LogP contribution in [-0.2, 0) is 23.2 Å². The molecule has 0 spiro atoms. The van der Waals surface area contributed by atoms with Crippen LogP contribution in [0.3, 0.4) is 0 Å². The summed E-state index contributed by atoms with van der Waals surface area (Å²) in [4.78, 5) is 35.9. The quantitative estimate of drug-likeness (QED) is 0.181. The molecule has 1 aliphatic heterocycles. The second kappa shape index (κ2) is 12.5. The van der Waals surface area contributed by atoms with Crippen LogP contribution in [0.5, 0.6) is 11.5 Å². The normalized spacial score (nSPS) is 16.9. The summed E-state index contributed by atoms with van der Waals surface area (Å²) in [6.45, 7) is 2.61. The molecule has 1 atom stereocenters. The molecule has 0 aliphatic carbocycles. The third-order valence-corrected chi connectivity index (χ3v) is 9.10. The lowest BCUT2D eigenvalue weighted by Crippen LogP contribution is -2.24. The molecule has 6 bridgehead atoms. The summed E-state index contributed by atoms with van der Waals surface area (Å²) >= 11 is 0. The number of ketones is 1. The molecule has 244 valence electrons. The number of carboxylic acid groups (broad SMARTS) is 1. The monoisotopic (exact) mass is 650 g/mol. The number of hydrogen-bond acceptors (Lipinski definition) is 6. The van der Waals surface area contributed by atoms with Gasteiger partial charge in [-0.2, -0.15) is 0 Å². The van der Waals surface area contributed by atoms with Crippen molar-refractivity contribution in [1.82, 2.24) is 29.9 Å². The molecule has 10 nitrogen and oxygen atoms in total. The molecule has 3 N–H and O–H groups in total. The number of carboxylic acids is 1. The van der Waals surface area contributed by atoms with E-state index in [0.717, 1.165) is 36.1 Å². The maximum atomic E-state index is 15.7. The molecule has 0 saturated heterocycles. The molecule has 1 aliphatic rings. The van der Waals surface area contributed by atoms with Gasteiger partial charge in [0.2, 0.25) is 5.78 Å². The number of nitrogens with zero attached hydrogens (tertiary/aromatic N) is 4. The number of ether oxygens (including phenoxy) is 1. The summed E-state index contributed by atoms with van der Waals surface area (Å²) in [5, 5.41) is 17.9. The maximum absolute atomic E-state index is 15.7. The van der Waals surface area contributed by atoms with Crippen molar-refractivity contribution in [2.24, 2.45) is 0 Å². The van der Waals surface area contributed by atoms with Crippen LogP contribution >= 0.6 is 0 Å². The molecule has 0 radical (unpaired) electrons. The van der Waals surface area contributed by atoms with E-state index in [-0.39, 0.29) is 40.6 Å². The fraction of sp³-hybridized carbons (Fsp3) is 0.250. The van der Waals surface area contributed by atoms with Gasteiger partial charge in [0, 0.05) is 53.4 Å².